The smallest absolute Gasteiger partial charge is 0.227 e. The van der Waals surface area contributed by atoms with Crippen molar-refractivity contribution in [2.24, 2.45) is 5.92 Å². The van der Waals surface area contributed by atoms with Crippen molar-refractivity contribution >= 4 is 62.7 Å². The van der Waals surface area contributed by atoms with Gasteiger partial charge in [-0.05, 0) is 46.7 Å². The summed E-state index contributed by atoms with van der Waals surface area (Å²) in [6, 6.07) is 5.64. The number of carbonyl (C=O) groups is 2. The van der Waals surface area contributed by atoms with Crippen molar-refractivity contribution in [2.45, 2.75) is 13.3 Å². The van der Waals surface area contributed by atoms with Crippen LogP contribution in [0.4, 0.5) is 5.69 Å². The van der Waals surface area contributed by atoms with Crippen LogP contribution in [0.5, 0.6) is 0 Å². The molecule has 1 aromatic carbocycles. The molecule has 1 unspecified atom stereocenters. The molecule has 1 fully saturated rings. The van der Waals surface area contributed by atoms with Crippen LogP contribution in [0.15, 0.2) is 18.2 Å². The highest BCUT2D eigenvalue weighted by molar-refractivity contribution is 14.1. The highest BCUT2D eigenvalue weighted by atomic mass is 127. The SMILES string of the molecule is CC(=O)SCC1CC(=O)N(c2ccc(I)c(Cl)c2)C1. The molecule has 6 heteroatoms. The third-order valence-corrected chi connectivity index (χ3v) is 5.56. The number of amides is 1. The van der Waals surface area contributed by atoms with Crippen molar-refractivity contribution in [1.29, 1.82) is 0 Å². The van der Waals surface area contributed by atoms with Crippen LogP contribution in [0.3, 0.4) is 0 Å². The fourth-order valence-electron chi connectivity index (χ4n) is 2.03. The normalized spacial score (nSPS) is 19.0. The van der Waals surface area contributed by atoms with Gasteiger partial charge in [-0.3, -0.25) is 9.59 Å². The maximum atomic E-state index is 12.0. The summed E-state index contributed by atoms with van der Waals surface area (Å²) in [6.07, 6.45) is 0.504. The Hall–Kier alpha value is -0.270. The van der Waals surface area contributed by atoms with Gasteiger partial charge in [0.15, 0.2) is 5.12 Å². The van der Waals surface area contributed by atoms with Crippen molar-refractivity contribution < 1.29 is 9.59 Å². The Kier molecular flexibility index (Phi) is 5.14. The Bertz CT molecular complexity index is 523. The number of hydrogen-bond donors (Lipinski definition) is 0. The summed E-state index contributed by atoms with van der Waals surface area (Å²) < 4.78 is 0.971. The lowest BCUT2D eigenvalue weighted by atomic mass is 10.1. The molecule has 1 aromatic rings. The van der Waals surface area contributed by atoms with Crippen LogP contribution in [0, 0.1) is 9.49 Å². The molecule has 3 nitrogen and oxygen atoms in total. The Morgan fingerprint density at radius 1 is 1.58 bits per heavy atom. The van der Waals surface area contributed by atoms with Crippen molar-refractivity contribution in [3.63, 3.8) is 0 Å². The Morgan fingerprint density at radius 2 is 2.32 bits per heavy atom. The van der Waals surface area contributed by atoms with E-state index >= 15 is 0 Å². The van der Waals surface area contributed by atoms with Crippen molar-refractivity contribution in [2.75, 3.05) is 17.2 Å². The summed E-state index contributed by atoms with van der Waals surface area (Å²) in [7, 11) is 0. The molecular weight excluding hydrogens is 397 g/mol. The summed E-state index contributed by atoms with van der Waals surface area (Å²) in [4.78, 5) is 24.7. The van der Waals surface area contributed by atoms with Crippen LogP contribution in [0.25, 0.3) is 0 Å². The first kappa shape index (κ1) is 15.1. The Morgan fingerprint density at radius 3 is 2.95 bits per heavy atom. The second-order valence-corrected chi connectivity index (χ2v) is 7.24. The van der Waals surface area contributed by atoms with E-state index in [1.807, 2.05) is 18.2 Å². The van der Waals surface area contributed by atoms with Crippen LogP contribution in [-0.2, 0) is 9.59 Å². The molecule has 1 amide bonds. The number of nitrogens with zero attached hydrogens (tertiary/aromatic N) is 1. The monoisotopic (exact) mass is 409 g/mol. The van der Waals surface area contributed by atoms with Crippen molar-refractivity contribution in [1.82, 2.24) is 0 Å². The van der Waals surface area contributed by atoms with Gasteiger partial charge in [0, 0.05) is 34.9 Å². The van der Waals surface area contributed by atoms with Crippen LogP contribution < -0.4 is 4.90 Å². The number of halogens is 2. The van der Waals surface area contributed by atoms with E-state index in [2.05, 4.69) is 22.6 Å². The lowest BCUT2D eigenvalue weighted by Crippen LogP contribution is -2.24. The van der Waals surface area contributed by atoms with Crippen LogP contribution in [-0.4, -0.2) is 23.3 Å². The number of carbonyl (C=O) groups excluding carboxylic acids is 2. The molecule has 0 N–H and O–H groups in total. The molecule has 0 radical (unpaired) electrons. The van der Waals surface area contributed by atoms with Crippen molar-refractivity contribution in [3.05, 3.63) is 26.8 Å². The minimum Gasteiger partial charge on any atom is -0.312 e. The maximum absolute atomic E-state index is 12.0. The largest absolute Gasteiger partial charge is 0.312 e. The topological polar surface area (TPSA) is 37.4 Å². The third-order valence-electron chi connectivity index (χ3n) is 2.94. The first-order valence-corrected chi connectivity index (χ1v) is 8.30. The second-order valence-electron chi connectivity index (χ2n) is 4.48. The van der Waals surface area contributed by atoms with Crippen molar-refractivity contribution in [3.8, 4) is 0 Å². The number of thioether (sulfide) groups is 1. The van der Waals surface area contributed by atoms with E-state index in [1.54, 1.807) is 11.8 Å². The minimum atomic E-state index is 0.100. The second kappa shape index (κ2) is 6.45. The average Bonchev–Trinajstić information content (AvgIpc) is 2.72. The number of hydrogen-bond acceptors (Lipinski definition) is 3. The lowest BCUT2D eigenvalue weighted by Gasteiger charge is -2.17. The van der Waals surface area contributed by atoms with E-state index in [4.69, 9.17) is 11.6 Å². The summed E-state index contributed by atoms with van der Waals surface area (Å²) in [5.74, 6) is 1.04. The highest BCUT2D eigenvalue weighted by Crippen LogP contribution is 2.30. The van der Waals surface area contributed by atoms with E-state index in [-0.39, 0.29) is 16.9 Å². The van der Waals surface area contributed by atoms with Gasteiger partial charge in [-0.25, -0.2) is 0 Å². The predicted octanol–water partition coefficient (Wildman–Crippen LogP) is 3.58. The van der Waals surface area contributed by atoms with E-state index in [0.29, 0.717) is 23.7 Å². The van der Waals surface area contributed by atoms with Gasteiger partial charge in [0.2, 0.25) is 5.91 Å². The van der Waals surface area contributed by atoms with E-state index in [0.717, 1.165) is 9.26 Å². The van der Waals surface area contributed by atoms with Gasteiger partial charge < -0.3 is 4.90 Å². The molecule has 0 bridgehead atoms. The molecule has 1 aliphatic heterocycles. The molecule has 1 aliphatic rings. The Labute approximate surface area is 135 Å². The van der Waals surface area contributed by atoms with E-state index in [9.17, 15) is 9.59 Å². The molecule has 0 aliphatic carbocycles. The van der Waals surface area contributed by atoms with Gasteiger partial charge >= 0.3 is 0 Å². The van der Waals surface area contributed by atoms with Gasteiger partial charge in [0.25, 0.3) is 0 Å². The number of anilines is 1. The zero-order valence-corrected chi connectivity index (χ0v) is 14.1. The van der Waals surface area contributed by atoms with E-state index in [1.165, 1.54) is 11.8 Å². The molecule has 1 atom stereocenters. The molecule has 1 heterocycles. The highest BCUT2D eigenvalue weighted by Gasteiger charge is 2.30. The molecular formula is C13H13ClINO2S. The van der Waals surface area contributed by atoms with Crippen LogP contribution >= 0.6 is 46.0 Å². The van der Waals surface area contributed by atoms with E-state index < -0.39 is 0 Å². The number of benzene rings is 1. The fourth-order valence-corrected chi connectivity index (χ4v) is 3.23. The van der Waals surface area contributed by atoms with Gasteiger partial charge in [0.05, 0.1) is 5.02 Å². The zero-order chi connectivity index (χ0) is 14.0. The summed E-state index contributed by atoms with van der Waals surface area (Å²) in [5.41, 5.74) is 0.839. The van der Waals surface area contributed by atoms with Gasteiger partial charge in [-0.1, -0.05) is 23.4 Å². The van der Waals surface area contributed by atoms with Gasteiger partial charge in [0.1, 0.15) is 0 Å². The standard InChI is InChI=1S/C13H13ClINO2S/c1-8(17)19-7-9-4-13(18)16(6-9)10-2-3-12(15)11(14)5-10/h2-3,5,9H,4,6-7H2,1H3. The third kappa shape index (κ3) is 3.86. The van der Waals surface area contributed by atoms with Gasteiger partial charge in [-0.15, -0.1) is 0 Å². The first-order chi connectivity index (χ1) is 8.97. The maximum Gasteiger partial charge on any atom is 0.227 e. The minimum absolute atomic E-state index is 0.100. The van der Waals surface area contributed by atoms with Crippen LogP contribution in [0.2, 0.25) is 5.02 Å². The molecule has 0 spiro atoms. The number of rotatable bonds is 3. The zero-order valence-electron chi connectivity index (χ0n) is 10.4. The van der Waals surface area contributed by atoms with Crippen LogP contribution in [0.1, 0.15) is 13.3 Å². The van der Waals surface area contributed by atoms with Gasteiger partial charge in [-0.2, -0.15) is 0 Å². The fraction of sp³-hybridized carbons (Fsp3) is 0.385. The molecule has 102 valence electrons. The molecule has 0 aromatic heterocycles. The average molecular weight is 410 g/mol. The quantitative estimate of drug-likeness (QED) is 0.716. The molecule has 1 saturated heterocycles. The summed E-state index contributed by atoms with van der Waals surface area (Å²) >= 11 is 9.53. The molecule has 2 rings (SSSR count). The molecule has 19 heavy (non-hydrogen) atoms. The Balaban J connectivity index is 2.07. The predicted molar refractivity (Wildman–Crippen MR) is 87.8 cm³/mol. The lowest BCUT2D eigenvalue weighted by molar-refractivity contribution is -0.117. The summed E-state index contributed by atoms with van der Waals surface area (Å²) in [5, 5.41) is 0.760. The first-order valence-electron chi connectivity index (χ1n) is 5.86. The summed E-state index contributed by atoms with van der Waals surface area (Å²) in [6.45, 7) is 2.22. The molecule has 0 saturated carbocycles.